The summed E-state index contributed by atoms with van der Waals surface area (Å²) in [5.74, 6) is -0.594. The molecular weight excluding hydrogens is 242 g/mol. The number of hydrogen-bond donors (Lipinski definition) is 2. The van der Waals surface area contributed by atoms with Crippen molar-refractivity contribution < 1.29 is 9.90 Å². The van der Waals surface area contributed by atoms with Gasteiger partial charge >= 0.3 is 0 Å². The largest absolute Gasteiger partial charge is 0.502 e. The molecule has 2 heterocycles. The minimum Gasteiger partial charge on any atom is -0.502 e. The van der Waals surface area contributed by atoms with E-state index in [2.05, 4.69) is 17.2 Å². The molecule has 0 bridgehead atoms. The highest BCUT2D eigenvalue weighted by atomic mass is 16.3. The number of rotatable bonds is 4. The normalized spacial score (nSPS) is 19.1. The molecule has 1 aromatic rings. The first-order chi connectivity index (χ1) is 9.15. The minimum atomic E-state index is -0.345. The Labute approximate surface area is 113 Å². The average molecular weight is 261 g/mol. The molecule has 1 aliphatic rings. The molecule has 0 saturated heterocycles. The molecular formula is C14H19N3O2. The van der Waals surface area contributed by atoms with Gasteiger partial charge in [0.2, 0.25) is 0 Å². The molecule has 0 fully saturated rings. The maximum Gasteiger partial charge on any atom is 0.292 e. The Hall–Kier alpha value is -2.04. The highest BCUT2D eigenvalue weighted by Gasteiger charge is 2.31. The van der Waals surface area contributed by atoms with Crippen molar-refractivity contribution in [3.05, 3.63) is 41.5 Å². The molecule has 19 heavy (non-hydrogen) atoms. The van der Waals surface area contributed by atoms with Crippen molar-refractivity contribution in [1.29, 1.82) is 0 Å². The SMILES string of the molecule is CCCCN1C(=O)C(O)=CNC1c1ncccc1C. The Morgan fingerprint density at radius 2 is 2.32 bits per heavy atom. The van der Waals surface area contributed by atoms with E-state index in [1.165, 1.54) is 6.20 Å². The fraction of sp³-hybridized carbons (Fsp3) is 0.429. The molecule has 1 atom stereocenters. The Kier molecular flexibility index (Phi) is 4.04. The molecule has 1 aromatic heterocycles. The topological polar surface area (TPSA) is 65.5 Å². The first-order valence-corrected chi connectivity index (χ1v) is 6.52. The Morgan fingerprint density at radius 3 is 3.00 bits per heavy atom. The molecule has 102 valence electrons. The summed E-state index contributed by atoms with van der Waals surface area (Å²) < 4.78 is 0. The van der Waals surface area contributed by atoms with Gasteiger partial charge in [0.05, 0.1) is 5.69 Å². The van der Waals surface area contributed by atoms with Gasteiger partial charge in [-0.25, -0.2) is 0 Å². The number of hydrogen-bond acceptors (Lipinski definition) is 4. The van der Waals surface area contributed by atoms with Crippen LogP contribution in [-0.2, 0) is 4.79 Å². The van der Waals surface area contributed by atoms with Gasteiger partial charge in [-0.15, -0.1) is 0 Å². The van der Waals surface area contributed by atoms with Crippen molar-refractivity contribution in [2.45, 2.75) is 32.9 Å². The van der Waals surface area contributed by atoms with E-state index in [1.54, 1.807) is 11.1 Å². The predicted octanol–water partition coefficient (Wildman–Crippen LogP) is 2.02. The zero-order valence-corrected chi connectivity index (χ0v) is 11.3. The van der Waals surface area contributed by atoms with E-state index in [1.807, 2.05) is 19.1 Å². The molecule has 5 heteroatoms. The summed E-state index contributed by atoms with van der Waals surface area (Å²) in [5, 5.41) is 12.6. The van der Waals surface area contributed by atoms with Crippen LogP contribution in [0, 0.1) is 6.92 Å². The smallest absolute Gasteiger partial charge is 0.292 e. The summed E-state index contributed by atoms with van der Waals surface area (Å²) in [6, 6.07) is 3.83. The van der Waals surface area contributed by atoms with Crippen molar-refractivity contribution in [3.63, 3.8) is 0 Å². The van der Waals surface area contributed by atoms with E-state index in [9.17, 15) is 9.90 Å². The lowest BCUT2D eigenvalue weighted by Crippen LogP contribution is -2.46. The number of carbonyl (C=O) groups is 1. The number of nitrogens with zero attached hydrogens (tertiary/aromatic N) is 2. The van der Waals surface area contributed by atoms with E-state index < -0.39 is 0 Å². The van der Waals surface area contributed by atoms with Gasteiger partial charge in [-0.2, -0.15) is 0 Å². The third-order valence-electron chi connectivity index (χ3n) is 3.23. The first kappa shape index (κ1) is 13.4. The second-order valence-corrected chi connectivity index (χ2v) is 4.66. The van der Waals surface area contributed by atoms with Gasteiger partial charge in [-0.3, -0.25) is 9.78 Å². The van der Waals surface area contributed by atoms with Crippen LogP contribution >= 0.6 is 0 Å². The van der Waals surface area contributed by atoms with Crippen LogP contribution in [-0.4, -0.2) is 27.4 Å². The molecule has 0 aliphatic carbocycles. The van der Waals surface area contributed by atoms with Gasteiger partial charge in [0.15, 0.2) is 5.76 Å². The van der Waals surface area contributed by atoms with E-state index in [0.29, 0.717) is 6.54 Å². The van der Waals surface area contributed by atoms with Crippen LogP contribution in [0.25, 0.3) is 0 Å². The second kappa shape index (κ2) is 5.73. The minimum absolute atomic E-state index is 0.249. The van der Waals surface area contributed by atoms with Crippen LogP contribution < -0.4 is 5.32 Å². The summed E-state index contributed by atoms with van der Waals surface area (Å²) in [6.07, 6.45) is 4.63. The molecule has 5 nitrogen and oxygen atoms in total. The van der Waals surface area contributed by atoms with E-state index in [4.69, 9.17) is 0 Å². The highest BCUT2D eigenvalue weighted by molar-refractivity contribution is 5.92. The molecule has 0 radical (unpaired) electrons. The van der Waals surface area contributed by atoms with Crippen LogP contribution in [0.2, 0.25) is 0 Å². The molecule has 2 rings (SSSR count). The van der Waals surface area contributed by atoms with Gasteiger partial charge < -0.3 is 15.3 Å². The molecule has 1 amide bonds. The average Bonchev–Trinajstić information content (AvgIpc) is 2.41. The summed E-state index contributed by atoms with van der Waals surface area (Å²) in [4.78, 5) is 18.1. The quantitative estimate of drug-likeness (QED) is 0.870. The van der Waals surface area contributed by atoms with Crippen LogP contribution in [0.5, 0.6) is 0 Å². The summed E-state index contributed by atoms with van der Waals surface area (Å²) in [6.45, 7) is 4.63. The zero-order valence-electron chi connectivity index (χ0n) is 11.3. The Balaban J connectivity index is 2.31. The van der Waals surface area contributed by atoms with E-state index in [-0.39, 0.29) is 17.8 Å². The lowest BCUT2D eigenvalue weighted by molar-refractivity contribution is -0.134. The third kappa shape index (κ3) is 2.70. The van der Waals surface area contributed by atoms with Crippen LogP contribution in [0.3, 0.4) is 0 Å². The predicted molar refractivity (Wildman–Crippen MR) is 72.2 cm³/mol. The van der Waals surface area contributed by atoms with Gasteiger partial charge in [0, 0.05) is 18.9 Å². The molecule has 2 N–H and O–H groups in total. The maximum absolute atomic E-state index is 12.1. The standard InChI is InChI=1S/C14H19N3O2/c1-3-4-8-17-13(16-9-11(18)14(17)19)12-10(2)6-5-7-15-12/h5-7,9,13,16,18H,3-4,8H2,1-2H3. The monoisotopic (exact) mass is 261 g/mol. The van der Waals surface area contributed by atoms with Crippen molar-refractivity contribution in [3.8, 4) is 0 Å². The number of aliphatic hydroxyl groups excluding tert-OH is 1. The summed E-state index contributed by atoms with van der Waals surface area (Å²) >= 11 is 0. The van der Waals surface area contributed by atoms with Gasteiger partial charge in [0.1, 0.15) is 6.17 Å². The van der Waals surface area contributed by atoms with Crippen molar-refractivity contribution in [2.75, 3.05) is 6.54 Å². The van der Waals surface area contributed by atoms with E-state index in [0.717, 1.165) is 24.1 Å². The molecule has 1 unspecified atom stereocenters. The summed E-state index contributed by atoms with van der Waals surface area (Å²) in [7, 11) is 0. The van der Waals surface area contributed by atoms with E-state index >= 15 is 0 Å². The van der Waals surface area contributed by atoms with Crippen molar-refractivity contribution in [2.24, 2.45) is 0 Å². The molecule has 0 spiro atoms. The number of unbranched alkanes of at least 4 members (excludes halogenated alkanes) is 1. The van der Waals surface area contributed by atoms with Crippen LogP contribution in [0.15, 0.2) is 30.3 Å². The lowest BCUT2D eigenvalue weighted by atomic mass is 10.1. The number of carbonyl (C=O) groups excluding carboxylic acids is 1. The Bertz CT molecular complexity index is 499. The number of amides is 1. The number of aryl methyl sites for hydroxylation is 1. The first-order valence-electron chi connectivity index (χ1n) is 6.52. The van der Waals surface area contributed by atoms with Crippen LogP contribution in [0.4, 0.5) is 0 Å². The molecule has 0 saturated carbocycles. The lowest BCUT2D eigenvalue weighted by Gasteiger charge is -2.35. The van der Waals surface area contributed by atoms with Gasteiger partial charge in [0.25, 0.3) is 5.91 Å². The van der Waals surface area contributed by atoms with Crippen molar-refractivity contribution >= 4 is 5.91 Å². The molecule has 1 aliphatic heterocycles. The fourth-order valence-electron chi connectivity index (χ4n) is 2.14. The Morgan fingerprint density at radius 1 is 1.53 bits per heavy atom. The fourth-order valence-corrected chi connectivity index (χ4v) is 2.14. The van der Waals surface area contributed by atoms with Gasteiger partial charge in [-0.05, 0) is 25.0 Å². The maximum atomic E-state index is 12.1. The number of pyridine rings is 1. The number of nitrogens with one attached hydrogen (secondary N) is 1. The van der Waals surface area contributed by atoms with Crippen molar-refractivity contribution in [1.82, 2.24) is 15.2 Å². The second-order valence-electron chi connectivity index (χ2n) is 4.66. The summed E-state index contributed by atoms with van der Waals surface area (Å²) in [5.41, 5.74) is 1.83. The van der Waals surface area contributed by atoms with Crippen LogP contribution in [0.1, 0.15) is 37.2 Å². The number of aliphatic hydroxyl groups is 1. The number of aromatic nitrogens is 1. The third-order valence-corrected chi connectivity index (χ3v) is 3.23. The zero-order chi connectivity index (χ0) is 13.8. The highest BCUT2D eigenvalue weighted by Crippen LogP contribution is 2.24. The van der Waals surface area contributed by atoms with Gasteiger partial charge in [-0.1, -0.05) is 19.4 Å². The molecule has 0 aromatic carbocycles.